The standard InChI is InChI=1S/C21H20I2N2O2S/c1-4-13(3)25-20(27)18(11-14-9-16(22)19(26)17(23)10-14)28-21(25)24-15-7-5-12(2)6-8-15/h5-11,13,26H,4H2,1-3H3/b18-11+,24-21?/t13-/m1/s1. The maximum atomic E-state index is 13.1. The number of benzene rings is 2. The summed E-state index contributed by atoms with van der Waals surface area (Å²) in [7, 11) is 0. The van der Waals surface area contributed by atoms with Gasteiger partial charge < -0.3 is 5.11 Å². The van der Waals surface area contributed by atoms with Crippen LogP contribution in [0.15, 0.2) is 46.3 Å². The van der Waals surface area contributed by atoms with Crippen LogP contribution in [0.2, 0.25) is 0 Å². The highest BCUT2D eigenvalue weighted by molar-refractivity contribution is 14.1. The Labute approximate surface area is 196 Å². The van der Waals surface area contributed by atoms with Crippen LogP contribution in [0.1, 0.15) is 31.4 Å². The molecule has 0 radical (unpaired) electrons. The predicted octanol–water partition coefficient (Wildman–Crippen LogP) is 6.31. The molecular weight excluding hydrogens is 598 g/mol. The molecule has 1 amide bonds. The number of halogens is 2. The second-order valence-corrected chi connectivity index (χ2v) is 9.94. The maximum absolute atomic E-state index is 13.1. The molecule has 2 aromatic rings. The van der Waals surface area contributed by atoms with Crippen molar-refractivity contribution in [1.29, 1.82) is 0 Å². The summed E-state index contributed by atoms with van der Waals surface area (Å²) in [5.41, 5.74) is 2.90. The average molecular weight is 618 g/mol. The zero-order chi connectivity index (χ0) is 20.4. The van der Waals surface area contributed by atoms with Crippen molar-refractivity contribution in [3.05, 3.63) is 59.6 Å². The highest BCUT2D eigenvalue weighted by Gasteiger charge is 2.36. The van der Waals surface area contributed by atoms with E-state index >= 15 is 0 Å². The van der Waals surface area contributed by atoms with Gasteiger partial charge in [-0.05, 0) is 113 Å². The van der Waals surface area contributed by atoms with Crippen LogP contribution >= 0.6 is 56.9 Å². The van der Waals surface area contributed by atoms with Crippen molar-refractivity contribution in [3.63, 3.8) is 0 Å². The molecule has 0 aromatic heterocycles. The Kier molecular flexibility index (Phi) is 7.08. The summed E-state index contributed by atoms with van der Waals surface area (Å²) in [5.74, 6) is 0.250. The van der Waals surface area contributed by atoms with E-state index in [-0.39, 0.29) is 17.7 Å². The Balaban J connectivity index is 2.00. The monoisotopic (exact) mass is 618 g/mol. The lowest BCUT2D eigenvalue weighted by Gasteiger charge is -2.22. The first-order chi connectivity index (χ1) is 13.3. The highest BCUT2D eigenvalue weighted by atomic mass is 127. The van der Waals surface area contributed by atoms with Gasteiger partial charge >= 0.3 is 0 Å². The van der Waals surface area contributed by atoms with Crippen LogP contribution in [0.3, 0.4) is 0 Å². The number of hydrogen-bond donors (Lipinski definition) is 1. The molecule has 1 atom stereocenters. The van der Waals surface area contributed by atoms with E-state index in [0.29, 0.717) is 10.1 Å². The molecule has 4 nitrogen and oxygen atoms in total. The minimum Gasteiger partial charge on any atom is -0.506 e. The zero-order valence-corrected chi connectivity index (χ0v) is 20.9. The number of carbonyl (C=O) groups is 1. The third kappa shape index (κ3) is 4.73. The minimum absolute atomic E-state index is 0.0247. The SMILES string of the molecule is CC[C@@H](C)N1C(=O)/C(=C\c2cc(I)c(O)c(I)c2)SC1=Nc1ccc(C)cc1. The van der Waals surface area contributed by atoms with Crippen molar-refractivity contribution in [2.45, 2.75) is 33.2 Å². The van der Waals surface area contributed by atoms with Crippen LogP contribution in [0, 0.1) is 14.1 Å². The molecule has 1 heterocycles. The Morgan fingerprint density at radius 1 is 1.21 bits per heavy atom. The summed E-state index contributed by atoms with van der Waals surface area (Å²) < 4.78 is 1.53. The van der Waals surface area contributed by atoms with Crippen molar-refractivity contribution in [3.8, 4) is 5.75 Å². The smallest absolute Gasteiger partial charge is 0.266 e. The van der Waals surface area contributed by atoms with Gasteiger partial charge in [-0.25, -0.2) is 4.99 Å². The van der Waals surface area contributed by atoms with Crippen molar-refractivity contribution in [2.75, 3.05) is 0 Å². The van der Waals surface area contributed by atoms with Crippen LogP contribution < -0.4 is 0 Å². The Hall–Kier alpha value is -1.07. The van der Waals surface area contributed by atoms with E-state index in [4.69, 9.17) is 4.99 Å². The molecule has 0 unspecified atom stereocenters. The lowest BCUT2D eigenvalue weighted by molar-refractivity contribution is -0.123. The van der Waals surface area contributed by atoms with E-state index in [2.05, 4.69) is 52.1 Å². The first-order valence-electron chi connectivity index (χ1n) is 8.86. The summed E-state index contributed by atoms with van der Waals surface area (Å²) in [4.78, 5) is 20.3. The van der Waals surface area contributed by atoms with Gasteiger partial charge in [0.05, 0.1) is 17.7 Å². The van der Waals surface area contributed by atoms with E-state index in [1.165, 1.54) is 17.3 Å². The molecule has 28 heavy (non-hydrogen) atoms. The third-order valence-corrected chi connectivity index (χ3v) is 7.09. The largest absolute Gasteiger partial charge is 0.506 e. The number of phenolic OH excluding ortho intramolecular Hbond substituents is 1. The summed E-state index contributed by atoms with van der Waals surface area (Å²) in [6, 6.07) is 11.8. The van der Waals surface area contributed by atoms with Gasteiger partial charge in [-0.15, -0.1) is 0 Å². The molecule has 3 rings (SSSR count). The molecule has 146 valence electrons. The second-order valence-electron chi connectivity index (χ2n) is 6.61. The van der Waals surface area contributed by atoms with Crippen LogP contribution in [-0.4, -0.2) is 27.1 Å². The van der Waals surface area contributed by atoms with Crippen molar-refractivity contribution in [1.82, 2.24) is 4.90 Å². The number of aryl methyl sites for hydroxylation is 1. The number of amides is 1. The Morgan fingerprint density at radius 2 is 1.82 bits per heavy atom. The lowest BCUT2D eigenvalue weighted by Crippen LogP contribution is -2.36. The van der Waals surface area contributed by atoms with Gasteiger partial charge in [0, 0.05) is 6.04 Å². The average Bonchev–Trinajstić information content (AvgIpc) is 2.96. The van der Waals surface area contributed by atoms with Crippen LogP contribution in [-0.2, 0) is 4.79 Å². The number of nitrogens with zero attached hydrogens (tertiary/aromatic N) is 2. The minimum atomic E-state index is -0.0247. The molecular formula is C21H20I2N2O2S. The van der Waals surface area contributed by atoms with Gasteiger partial charge in [0.1, 0.15) is 5.75 Å². The van der Waals surface area contributed by atoms with Gasteiger partial charge in [-0.1, -0.05) is 24.6 Å². The maximum Gasteiger partial charge on any atom is 0.266 e. The summed E-state index contributed by atoms with van der Waals surface area (Å²) in [5, 5.41) is 10.7. The molecule has 7 heteroatoms. The normalized spacial score (nSPS) is 18.3. The number of rotatable bonds is 4. The predicted molar refractivity (Wildman–Crippen MR) is 134 cm³/mol. The van der Waals surface area contributed by atoms with Crippen LogP contribution in [0.4, 0.5) is 5.69 Å². The lowest BCUT2D eigenvalue weighted by atomic mass is 10.2. The number of hydrogen-bond acceptors (Lipinski definition) is 4. The van der Waals surface area contributed by atoms with E-state index in [0.717, 1.165) is 24.8 Å². The summed E-state index contributed by atoms with van der Waals surface area (Å²) in [6.45, 7) is 6.15. The van der Waals surface area contributed by atoms with E-state index < -0.39 is 0 Å². The van der Waals surface area contributed by atoms with Crippen molar-refractivity contribution < 1.29 is 9.90 Å². The molecule has 2 aromatic carbocycles. The number of thioether (sulfide) groups is 1. The van der Waals surface area contributed by atoms with E-state index in [1.54, 1.807) is 4.90 Å². The fourth-order valence-corrected chi connectivity index (χ4v) is 5.59. The van der Waals surface area contributed by atoms with Gasteiger partial charge in [0.25, 0.3) is 5.91 Å². The molecule has 1 aliphatic heterocycles. The number of amidine groups is 1. The molecule has 0 aliphatic carbocycles. The van der Waals surface area contributed by atoms with Crippen LogP contribution in [0.25, 0.3) is 6.08 Å². The molecule has 1 N–H and O–H groups in total. The zero-order valence-electron chi connectivity index (χ0n) is 15.7. The van der Waals surface area contributed by atoms with E-state index in [1.807, 2.05) is 56.3 Å². The van der Waals surface area contributed by atoms with Gasteiger partial charge in [0.2, 0.25) is 0 Å². The molecule has 1 saturated heterocycles. The fourth-order valence-electron chi connectivity index (χ4n) is 2.69. The molecule has 0 spiro atoms. The highest BCUT2D eigenvalue weighted by Crippen LogP contribution is 2.37. The van der Waals surface area contributed by atoms with Gasteiger partial charge in [0.15, 0.2) is 5.17 Å². The molecule has 1 aliphatic rings. The first-order valence-corrected chi connectivity index (χ1v) is 11.8. The van der Waals surface area contributed by atoms with Crippen LogP contribution in [0.5, 0.6) is 5.75 Å². The van der Waals surface area contributed by atoms with Gasteiger partial charge in [-0.3, -0.25) is 9.69 Å². The summed E-state index contributed by atoms with van der Waals surface area (Å²) >= 11 is 5.60. The molecule has 0 saturated carbocycles. The molecule has 0 bridgehead atoms. The Bertz CT molecular complexity index is 948. The quantitative estimate of drug-likeness (QED) is 0.323. The van der Waals surface area contributed by atoms with E-state index in [9.17, 15) is 9.90 Å². The topological polar surface area (TPSA) is 52.9 Å². The molecule has 1 fully saturated rings. The second kappa shape index (κ2) is 9.17. The fraction of sp³-hybridized carbons (Fsp3) is 0.238. The number of phenols is 1. The third-order valence-electron chi connectivity index (χ3n) is 4.46. The number of aliphatic imine (C=N–C) groups is 1. The number of aromatic hydroxyl groups is 1. The van der Waals surface area contributed by atoms with Crippen molar-refractivity contribution >= 4 is 79.8 Å². The Morgan fingerprint density at radius 3 is 2.39 bits per heavy atom. The first kappa shape index (κ1) is 21.6. The van der Waals surface area contributed by atoms with Gasteiger partial charge in [-0.2, -0.15) is 0 Å². The van der Waals surface area contributed by atoms with Crippen molar-refractivity contribution in [2.24, 2.45) is 4.99 Å². The summed E-state index contributed by atoms with van der Waals surface area (Å²) in [6.07, 6.45) is 2.73. The number of carbonyl (C=O) groups excluding carboxylic acids is 1.